The lowest BCUT2D eigenvalue weighted by Crippen LogP contribution is -2.36. The van der Waals surface area contributed by atoms with E-state index in [2.05, 4.69) is 20.1 Å². The fourth-order valence-electron chi connectivity index (χ4n) is 3.36. The number of aromatic nitrogens is 5. The third-order valence-electron chi connectivity index (χ3n) is 4.60. The molecule has 0 atom stereocenters. The van der Waals surface area contributed by atoms with Crippen molar-refractivity contribution in [3.8, 4) is 11.3 Å². The lowest BCUT2D eigenvalue weighted by molar-refractivity contribution is -0.172. The Morgan fingerprint density at radius 1 is 1.38 bits per heavy atom. The zero-order chi connectivity index (χ0) is 16.6. The van der Waals surface area contributed by atoms with Crippen LogP contribution in [-0.2, 0) is 15.3 Å². The van der Waals surface area contributed by atoms with Gasteiger partial charge in [0.25, 0.3) is 0 Å². The Kier molecular flexibility index (Phi) is 3.55. The minimum absolute atomic E-state index is 0.191. The minimum atomic E-state index is -0.657. The van der Waals surface area contributed by atoms with Gasteiger partial charge in [0.15, 0.2) is 0 Å². The maximum Gasteiger partial charge on any atom is 0.307 e. The summed E-state index contributed by atoms with van der Waals surface area (Å²) >= 11 is 0. The highest BCUT2D eigenvalue weighted by molar-refractivity contribution is 5.89. The minimum Gasteiger partial charge on any atom is -0.437 e. The highest BCUT2D eigenvalue weighted by Crippen LogP contribution is 2.38. The van der Waals surface area contributed by atoms with Crippen molar-refractivity contribution in [1.82, 2.24) is 24.7 Å². The smallest absolute Gasteiger partial charge is 0.307 e. The first-order valence-electron chi connectivity index (χ1n) is 8.27. The molecule has 1 fully saturated rings. The second-order valence-corrected chi connectivity index (χ2v) is 6.12. The maximum absolute atomic E-state index is 11.9. The Hall–Kier alpha value is -2.70. The van der Waals surface area contributed by atoms with Gasteiger partial charge < -0.3 is 9.72 Å². The van der Waals surface area contributed by atoms with Crippen LogP contribution in [-0.4, -0.2) is 30.7 Å². The topological polar surface area (TPSA) is 85.7 Å². The maximum atomic E-state index is 11.9. The number of nitrogens with one attached hydrogen (secondary N) is 1. The predicted molar refractivity (Wildman–Crippen MR) is 87.9 cm³/mol. The van der Waals surface area contributed by atoms with Gasteiger partial charge in [0, 0.05) is 42.6 Å². The van der Waals surface area contributed by atoms with Gasteiger partial charge in [-0.3, -0.25) is 4.79 Å². The van der Waals surface area contributed by atoms with Crippen LogP contribution in [0.4, 0.5) is 0 Å². The molecule has 3 aromatic rings. The van der Waals surface area contributed by atoms with E-state index in [4.69, 9.17) is 4.74 Å². The second-order valence-electron chi connectivity index (χ2n) is 6.12. The van der Waals surface area contributed by atoms with Crippen molar-refractivity contribution in [3.63, 3.8) is 0 Å². The molecule has 0 radical (unpaired) electrons. The van der Waals surface area contributed by atoms with Gasteiger partial charge in [-0.1, -0.05) is 6.92 Å². The molecule has 0 spiro atoms. The van der Waals surface area contributed by atoms with E-state index in [9.17, 15) is 4.79 Å². The fraction of sp³-hybridized carbons (Fsp3) is 0.412. The van der Waals surface area contributed by atoms with Crippen molar-refractivity contribution in [1.29, 1.82) is 0 Å². The summed E-state index contributed by atoms with van der Waals surface area (Å²) in [4.78, 5) is 23.6. The molecule has 1 aliphatic rings. The van der Waals surface area contributed by atoms with Crippen molar-refractivity contribution in [2.75, 3.05) is 0 Å². The highest BCUT2D eigenvalue weighted by Gasteiger charge is 2.40. The lowest BCUT2D eigenvalue weighted by atomic mass is 10.1. The monoisotopic (exact) mass is 325 g/mol. The van der Waals surface area contributed by atoms with Gasteiger partial charge in [-0.2, -0.15) is 5.10 Å². The molecule has 1 aliphatic carbocycles. The Morgan fingerprint density at radius 2 is 2.21 bits per heavy atom. The number of esters is 1. The molecule has 24 heavy (non-hydrogen) atoms. The molecule has 7 nitrogen and oxygen atoms in total. The van der Waals surface area contributed by atoms with E-state index < -0.39 is 5.72 Å². The van der Waals surface area contributed by atoms with Crippen molar-refractivity contribution in [2.45, 2.75) is 44.8 Å². The fourth-order valence-corrected chi connectivity index (χ4v) is 3.36. The third kappa shape index (κ3) is 2.36. The Bertz CT molecular complexity index is 876. The average molecular weight is 325 g/mol. The molecule has 1 N–H and O–H groups in total. The number of rotatable bonds is 4. The molecule has 7 heteroatoms. The number of hydrogen-bond acceptors (Lipinski definition) is 5. The van der Waals surface area contributed by atoms with Crippen molar-refractivity contribution in [3.05, 3.63) is 31.0 Å². The van der Waals surface area contributed by atoms with Gasteiger partial charge in [0.2, 0.25) is 5.72 Å². The summed E-state index contributed by atoms with van der Waals surface area (Å²) in [5, 5.41) is 5.44. The van der Waals surface area contributed by atoms with Crippen LogP contribution >= 0.6 is 0 Å². The van der Waals surface area contributed by atoms with Crippen LogP contribution in [0.3, 0.4) is 0 Å². The van der Waals surface area contributed by atoms with E-state index in [1.54, 1.807) is 10.9 Å². The summed E-state index contributed by atoms with van der Waals surface area (Å²) < 4.78 is 7.57. The number of carbonyl (C=O) groups excluding carboxylic acids is 1. The number of nitrogens with zero attached hydrogens (tertiary/aromatic N) is 4. The molecule has 0 aliphatic heterocycles. The SMILES string of the molecule is CCC(=O)OC1(n2cc(-c3ncnc4[nH]ccc34)cn2)CCCC1. The van der Waals surface area contributed by atoms with Crippen LogP contribution < -0.4 is 0 Å². The lowest BCUT2D eigenvalue weighted by Gasteiger charge is -2.29. The first-order valence-corrected chi connectivity index (χ1v) is 8.27. The van der Waals surface area contributed by atoms with Gasteiger partial charge in [0.05, 0.1) is 11.9 Å². The Labute approximate surface area is 139 Å². The third-order valence-corrected chi connectivity index (χ3v) is 4.60. The van der Waals surface area contributed by atoms with E-state index in [-0.39, 0.29) is 5.97 Å². The van der Waals surface area contributed by atoms with Crippen molar-refractivity contribution in [2.24, 2.45) is 0 Å². The molecule has 124 valence electrons. The first kappa shape index (κ1) is 14.9. The van der Waals surface area contributed by atoms with Gasteiger partial charge in [-0.05, 0) is 18.9 Å². The Morgan fingerprint density at radius 3 is 3.00 bits per heavy atom. The number of fused-ring (bicyclic) bond motifs is 1. The van der Waals surface area contributed by atoms with E-state index in [0.717, 1.165) is 48.0 Å². The molecule has 0 bridgehead atoms. The first-order chi connectivity index (χ1) is 11.7. The number of hydrogen-bond donors (Lipinski definition) is 1. The van der Waals surface area contributed by atoms with Crippen molar-refractivity contribution >= 4 is 17.0 Å². The number of aromatic amines is 1. The second kappa shape index (κ2) is 5.74. The van der Waals surface area contributed by atoms with Gasteiger partial charge in [-0.15, -0.1) is 0 Å². The average Bonchev–Trinajstić information content (AvgIpc) is 3.34. The summed E-state index contributed by atoms with van der Waals surface area (Å²) in [7, 11) is 0. The van der Waals surface area contributed by atoms with Gasteiger partial charge in [-0.25, -0.2) is 14.6 Å². The van der Waals surface area contributed by atoms with Crippen LogP contribution in [0.1, 0.15) is 39.0 Å². The molecule has 0 amide bonds. The highest BCUT2D eigenvalue weighted by atomic mass is 16.6. The summed E-state index contributed by atoms with van der Waals surface area (Å²) in [6, 6.07) is 1.95. The van der Waals surface area contributed by atoms with E-state index in [1.165, 1.54) is 6.33 Å². The summed E-state index contributed by atoms with van der Waals surface area (Å²) in [5.41, 5.74) is 1.85. The van der Waals surface area contributed by atoms with E-state index in [0.29, 0.717) is 6.42 Å². The molecular weight excluding hydrogens is 306 g/mol. The molecular formula is C17H19N5O2. The van der Waals surface area contributed by atoms with Crippen LogP contribution in [0.5, 0.6) is 0 Å². The molecule has 3 heterocycles. The van der Waals surface area contributed by atoms with Crippen LogP contribution in [0.15, 0.2) is 31.0 Å². The Balaban J connectivity index is 1.73. The summed E-state index contributed by atoms with van der Waals surface area (Å²) in [6.07, 6.45) is 11.1. The number of H-pyrrole nitrogens is 1. The normalized spacial score (nSPS) is 16.5. The standard InChI is InChI=1S/C17H19N5O2/c1-2-14(23)24-17(6-3-4-7-17)22-10-12(9-21-22)15-13-5-8-18-16(13)20-11-19-15/h5,8-11H,2-4,6-7H2,1H3,(H,18,19,20). The number of carbonyl (C=O) groups is 1. The van der Waals surface area contributed by atoms with Crippen LogP contribution in [0, 0.1) is 0 Å². The van der Waals surface area contributed by atoms with E-state index in [1.807, 2.05) is 25.4 Å². The summed E-state index contributed by atoms with van der Waals surface area (Å²) in [6.45, 7) is 1.81. The van der Waals surface area contributed by atoms with Gasteiger partial charge in [0.1, 0.15) is 12.0 Å². The molecule has 3 aromatic heterocycles. The molecule has 0 unspecified atom stereocenters. The molecule has 4 rings (SSSR count). The van der Waals surface area contributed by atoms with Gasteiger partial charge >= 0.3 is 5.97 Å². The molecule has 0 aromatic carbocycles. The molecule has 1 saturated carbocycles. The quantitative estimate of drug-likeness (QED) is 0.745. The summed E-state index contributed by atoms with van der Waals surface area (Å²) in [5.74, 6) is -0.191. The van der Waals surface area contributed by atoms with E-state index >= 15 is 0 Å². The molecule has 0 saturated heterocycles. The van der Waals surface area contributed by atoms with Crippen LogP contribution in [0.25, 0.3) is 22.3 Å². The van der Waals surface area contributed by atoms with Crippen LogP contribution in [0.2, 0.25) is 0 Å². The zero-order valence-electron chi connectivity index (χ0n) is 13.5. The predicted octanol–water partition coefficient (Wildman–Crippen LogP) is 3.00. The number of ether oxygens (including phenoxy) is 1. The van der Waals surface area contributed by atoms with Crippen molar-refractivity contribution < 1.29 is 9.53 Å². The largest absolute Gasteiger partial charge is 0.437 e. The zero-order valence-corrected chi connectivity index (χ0v) is 13.5.